The van der Waals surface area contributed by atoms with Gasteiger partial charge in [0.15, 0.2) is 0 Å². The van der Waals surface area contributed by atoms with Crippen LogP contribution in [0.3, 0.4) is 0 Å². The van der Waals surface area contributed by atoms with E-state index < -0.39 is 0 Å². The van der Waals surface area contributed by atoms with Crippen molar-refractivity contribution in [2.45, 2.75) is 19.9 Å². The third-order valence-corrected chi connectivity index (χ3v) is 4.42. The van der Waals surface area contributed by atoms with Crippen LogP contribution in [0.25, 0.3) is 17.2 Å². The Morgan fingerprint density at radius 2 is 1.89 bits per heavy atom. The predicted octanol–water partition coefficient (Wildman–Crippen LogP) is 5.73. The van der Waals surface area contributed by atoms with E-state index >= 15 is 0 Å². The van der Waals surface area contributed by atoms with Gasteiger partial charge < -0.3 is 10.1 Å². The molecule has 0 fully saturated rings. The Bertz CT molecular complexity index is 970. The van der Waals surface area contributed by atoms with Crippen molar-refractivity contribution in [2.24, 2.45) is 0 Å². The first-order chi connectivity index (χ1) is 13.5. The number of amides is 1. The summed E-state index contributed by atoms with van der Waals surface area (Å²) >= 11 is 6.55. The molecule has 0 radical (unpaired) electrons. The topological polar surface area (TPSA) is 51.2 Å². The molecule has 5 heteroatoms. The van der Waals surface area contributed by atoms with E-state index in [-0.39, 0.29) is 11.9 Å². The zero-order chi connectivity index (χ0) is 19.9. The molecular weight excluding hydrogens is 372 g/mol. The molecule has 4 nitrogen and oxygen atoms in total. The van der Waals surface area contributed by atoms with E-state index in [1.807, 2.05) is 73.7 Å². The average molecular weight is 393 g/mol. The van der Waals surface area contributed by atoms with E-state index in [1.165, 1.54) is 6.92 Å². The maximum atomic E-state index is 11.0. The predicted molar refractivity (Wildman–Crippen MR) is 114 cm³/mol. The Morgan fingerprint density at radius 3 is 2.57 bits per heavy atom. The molecule has 1 aromatic heterocycles. The summed E-state index contributed by atoms with van der Waals surface area (Å²) in [4.78, 5) is 15.4. The van der Waals surface area contributed by atoms with Gasteiger partial charge in [-0.25, -0.2) is 4.98 Å². The molecule has 0 saturated carbocycles. The molecule has 142 valence electrons. The zero-order valence-corrected chi connectivity index (χ0v) is 16.5. The minimum Gasteiger partial charge on any atom is -0.437 e. The van der Waals surface area contributed by atoms with E-state index in [0.29, 0.717) is 16.7 Å². The fourth-order valence-corrected chi connectivity index (χ4v) is 2.99. The number of nitrogens with zero attached hydrogens (tertiary/aromatic N) is 1. The van der Waals surface area contributed by atoms with Crippen molar-refractivity contribution in [3.63, 3.8) is 0 Å². The molecule has 0 unspecified atom stereocenters. The number of pyridine rings is 1. The molecule has 1 atom stereocenters. The lowest BCUT2D eigenvalue weighted by atomic mass is 10.1. The minimum absolute atomic E-state index is 0.0482. The second-order valence-corrected chi connectivity index (χ2v) is 6.74. The molecule has 1 N–H and O–H groups in total. The van der Waals surface area contributed by atoms with Gasteiger partial charge in [-0.2, -0.15) is 0 Å². The number of halogens is 1. The van der Waals surface area contributed by atoms with Gasteiger partial charge in [0, 0.05) is 30.8 Å². The Kier molecular flexibility index (Phi) is 6.45. The number of carbonyl (C=O) groups is 1. The van der Waals surface area contributed by atoms with Crippen LogP contribution in [0.2, 0.25) is 5.02 Å². The second kappa shape index (κ2) is 9.20. The summed E-state index contributed by atoms with van der Waals surface area (Å²) in [5.41, 5.74) is 2.85. The van der Waals surface area contributed by atoms with Gasteiger partial charge in [-0.15, -0.1) is 0 Å². The molecule has 0 spiro atoms. The summed E-state index contributed by atoms with van der Waals surface area (Å²) in [6, 6.07) is 19.2. The van der Waals surface area contributed by atoms with Gasteiger partial charge in [0.2, 0.25) is 11.8 Å². The van der Waals surface area contributed by atoms with Crippen LogP contribution in [0.1, 0.15) is 19.4 Å². The summed E-state index contributed by atoms with van der Waals surface area (Å²) < 4.78 is 5.88. The second-order valence-electron chi connectivity index (χ2n) is 6.36. The van der Waals surface area contributed by atoms with Crippen molar-refractivity contribution >= 4 is 23.6 Å². The molecule has 0 saturated heterocycles. The van der Waals surface area contributed by atoms with Gasteiger partial charge >= 0.3 is 0 Å². The Labute approximate surface area is 169 Å². The van der Waals surface area contributed by atoms with Crippen molar-refractivity contribution in [1.29, 1.82) is 0 Å². The van der Waals surface area contributed by atoms with Gasteiger partial charge in [-0.1, -0.05) is 66.2 Å². The highest BCUT2D eigenvalue weighted by atomic mass is 35.5. The number of nitrogens with one attached hydrogen (secondary N) is 1. The fraction of sp³-hybridized carbons (Fsp3) is 0.130. The highest BCUT2D eigenvalue weighted by Gasteiger charge is 2.10. The molecule has 0 aliphatic carbocycles. The molecule has 3 rings (SSSR count). The first kappa shape index (κ1) is 19.6. The number of benzene rings is 2. The van der Waals surface area contributed by atoms with Crippen LogP contribution < -0.4 is 10.1 Å². The molecule has 0 aliphatic rings. The Hall–Kier alpha value is -3.11. The lowest BCUT2D eigenvalue weighted by molar-refractivity contribution is -0.119. The molecule has 2 aromatic carbocycles. The van der Waals surface area contributed by atoms with Crippen LogP contribution in [-0.2, 0) is 4.79 Å². The Morgan fingerprint density at radius 1 is 1.11 bits per heavy atom. The number of carbonyl (C=O) groups excluding carboxylic acids is 1. The maximum absolute atomic E-state index is 11.0. The monoisotopic (exact) mass is 392 g/mol. The van der Waals surface area contributed by atoms with Crippen LogP contribution >= 0.6 is 11.6 Å². The number of rotatable bonds is 6. The largest absolute Gasteiger partial charge is 0.437 e. The highest BCUT2D eigenvalue weighted by Crippen LogP contribution is 2.36. The van der Waals surface area contributed by atoms with Crippen molar-refractivity contribution in [3.8, 4) is 22.8 Å². The third-order valence-electron chi connectivity index (χ3n) is 4.03. The van der Waals surface area contributed by atoms with Crippen molar-refractivity contribution in [2.75, 3.05) is 0 Å². The van der Waals surface area contributed by atoms with Crippen LogP contribution in [0.15, 0.2) is 72.9 Å². The molecule has 1 amide bonds. The van der Waals surface area contributed by atoms with E-state index in [1.54, 1.807) is 12.3 Å². The lowest BCUT2D eigenvalue weighted by Crippen LogP contribution is -2.28. The molecular formula is C23H21ClN2O2. The summed E-state index contributed by atoms with van der Waals surface area (Å²) in [6.07, 6.45) is 5.51. The number of hydrogen-bond donors (Lipinski definition) is 1. The van der Waals surface area contributed by atoms with Crippen LogP contribution in [0.5, 0.6) is 11.6 Å². The van der Waals surface area contributed by atoms with Crippen LogP contribution in [0.4, 0.5) is 0 Å². The van der Waals surface area contributed by atoms with Gasteiger partial charge in [-0.3, -0.25) is 4.79 Å². The molecule has 0 bridgehead atoms. The highest BCUT2D eigenvalue weighted by molar-refractivity contribution is 6.34. The first-order valence-electron chi connectivity index (χ1n) is 8.96. The smallest absolute Gasteiger partial charge is 0.219 e. The van der Waals surface area contributed by atoms with Gasteiger partial charge in [-0.05, 0) is 30.2 Å². The van der Waals surface area contributed by atoms with Crippen molar-refractivity contribution in [1.82, 2.24) is 10.3 Å². The maximum Gasteiger partial charge on any atom is 0.219 e. The summed E-state index contributed by atoms with van der Waals surface area (Å²) in [7, 11) is 0. The van der Waals surface area contributed by atoms with Crippen LogP contribution in [-0.4, -0.2) is 16.9 Å². The molecule has 0 aliphatic heterocycles. The third kappa shape index (κ3) is 5.21. The number of ether oxygens (including phenoxy) is 1. The van der Waals surface area contributed by atoms with Crippen molar-refractivity contribution in [3.05, 3.63) is 83.5 Å². The lowest BCUT2D eigenvalue weighted by Gasteiger charge is -2.11. The van der Waals surface area contributed by atoms with Crippen LogP contribution in [0, 0.1) is 0 Å². The minimum atomic E-state index is -0.0614. The van der Waals surface area contributed by atoms with E-state index in [2.05, 4.69) is 10.3 Å². The SMILES string of the molecule is CC(=O)N[C@@H](C)/C=C/c1ccc(Oc2cccc(-c3ccccc3)c2Cl)nc1. The van der Waals surface area contributed by atoms with E-state index in [9.17, 15) is 4.79 Å². The fourth-order valence-electron chi connectivity index (χ4n) is 2.72. The Balaban J connectivity index is 1.73. The first-order valence-corrected chi connectivity index (χ1v) is 9.34. The molecule has 28 heavy (non-hydrogen) atoms. The molecule has 3 aromatic rings. The summed E-state index contributed by atoms with van der Waals surface area (Å²) in [5, 5.41) is 3.34. The number of hydrogen-bond acceptors (Lipinski definition) is 3. The summed E-state index contributed by atoms with van der Waals surface area (Å²) in [5.74, 6) is 0.950. The standard InChI is InChI=1S/C23H21ClN2O2/c1-16(26-17(2)27)11-12-18-13-14-22(25-15-18)28-21-10-6-9-20(23(21)24)19-7-4-3-5-8-19/h3-16H,1-2H3,(H,26,27)/b12-11+/t16-/m0/s1. The molecule has 1 heterocycles. The van der Waals surface area contributed by atoms with Gasteiger partial charge in [0.25, 0.3) is 0 Å². The summed E-state index contributed by atoms with van der Waals surface area (Å²) in [6.45, 7) is 3.40. The van der Waals surface area contributed by atoms with Gasteiger partial charge in [0.05, 0.1) is 5.02 Å². The zero-order valence-electron chi connectivity index (χ0n) is 15.7. The average Bonchev–Trinajstić information content (AvgIpc) is 2.69. The number of aromatic nitrogens is 1. The van der Waals surface area contributed by atoms with E-state index in [0.717, 1.165) is 16.7 Å². The van der Waals surface area contributed by atoms with Crippen molar-refractivity contribution < 1.29 is 9.53 Å². The van der Waals surface area contributed by atoms with E-state index in [4.69, 9.17) is 16.3 Å². The van der Waals surface area contributed by atoms with Gasteiger partial charge in [0.1, 0.15) is 5.75 Å². The normalized spacial score (nSPS) is 12.0. The quantitative estimate of drug-likeness (QED) is 0.582.